The summed E-state index contributed by atoms with van der Waals surface area (Å²) in [7, 11) is 0. The van der Waals surface area contributed by atoms with Gasteiger partial charge in [0.2, 0.25) is 0 Å². The van der Waals surface area contributed by atoms with Gasteiger partial charge in [-0.3, -0.25) is 14.6 Å². The number of nitrogens with zero attached hydrogens (tertiary/aromatic N) is 2. The summed E-state index contributed by atoms with van der Waals surface area (Å²) >= 11 is 0. The van der Waals surface area contributed by atoms with Crippen LogP contribution < -0.4 is 5.32 Å². The van der Waals surface area contributed by atoms with Gasteiger partial charge in [0, 0.05) is 26.2 Å². The smallest absolute Gasteiger partial charge is 0.163 e. The number of carbonyl (C=O) groups is 1. The molecule has 2 aromatic rings. The van der Waals surface area contributed by atoms with Crippen LogP contribution in [-0.2, 0) is 4.79 Å². The van der Waals surface area contributed by atoms with E-state index in [0.717, 1.165) is 45.6 Å². The maximum Gasteiger partial charge on any atom is 0.163 e. The first-order valence-electron chi connectivity index (χ1n) is 10.1. The first-order valence-corrected chi connectivity index (χ1v) is 10.1. The average Bonchev–Trinajstić information content (AvgIpc) is 3.26. The van der Waals surface area contributed by atoms with Crippen molar-refractivity contribution in [1.29, 1.82) is 0 Å². The van der Waals surface area contributed by atoms with E-state index < -0.39 is 0 Å². The molecule has 0 aliphatic carbocycles. The van der Waals surface area contributed by atoms with Crippen LogP contribution in [0.2, 0.25) is 0 Å². The molecule has 2 aromatic carbocycles. The molecular formula is C23H29N3O. The highest BCUT2D eigenvalue weighted by Crippen LogP contribution is 2.29. The first kappa shape index (κ1) is 18.4. The lowest BCUT2D eigenvalue weighted by Crippen LogP contribution is -2.50. The van der Waals surface area contributed by atoms with Gasteiger partial charge in [0.15, 0.2) is 5.78 Å². The molecule has 0 aromatic heterocycles. The lowest BCUT2D eigenvalue weighted by atomic mass is 9.96. The van der Waals surface area contributed by atoms with Gasteiger partial charge in [-0.15, -0.1) is 0 Å². The number of ketones is 1. The molecule has 27 heavy (non-hydrogen) atoms. The van der Waals surface area contributed by atoms with Crippen molar-refractivity contribution >= 4 is 5.78 Å². The summed E-state index contributed by atoms with van der Waals surface area (Å²) in [6, 6.07) is 21.9. The minimum Gasteiger partial charge on any atom is -0.307 e. The number of piperazine rings is 1. The molecule has 0 bridgehead atoms. The molecule has 4 nitrogen and oxygen atoms in total. The predicted octanol–water partition coefficient (Wildman–Crippen LogP) is 2.71. The van der Waals surface area contributed by atoms with Gasteiger partial charge in [-0.1, -0.05) is 60.7 Å². The van der Waals surface area contributed by atoms with Gasteiger partial charge in [0.25, 0.3) is 0 Å². The molecule has 2 fully saturated rings. The molecule has 0 amide bonds. The number of hydrogen-bond acceptors (Lipinski definition) is 4. The second-order valence-corrected chi connectivity index (χ2v) is 7.65. The van der Waals surface area contributed by atoms with Crippen LogP contribution in [0.3, 0.4) is 0 Å². The predicted molar refractivity (Wildman–Crippen MR) is 109 cm³/mol. The van der Waals surface area contributed by atoms with Gasteiger partial charge in [-0.25, -0.2) is 0 Å². The van der Waals surface area contributed by atoms with Gasteiger partial charge in [-0.2, -0.15) is 0 Å². The molecular weight excluding hydrogens is 334 g/mol. The quantitative estimate of drug-likeness (QED) is 0.856. The van der Waals surface area contributed by atoms with Crippen LogP contribution in [0, 0.1) is 0 Å². The Labute approximate surface area is 162 Å². The highest BCUT2D eigenvalue weighted by Gasteiger charge is 2.29. The number of carbonyl (C=O) groups excluding carboxylic acids is 1. The summed E-state index contributed by atoms with van der Waals surface area (Å²) < 4.78 is 0. The van der Waals surface area contributed by atoms with Gasteiger partial charge < -0.3 is 5.32 Å². The van der Waals surface area contributed by atoms with Crippen LogP contribution in [0.5, 0.6) is 0 Å². The normalized spacial score (nSPS) is 21.6. The molecule has 1 N–H and O–H groups in total. The van der Waals surface area contributed by atoms with E-state index in [0.29, 0.717) is 12.3 Å². The molecule has 2 heterocycles. The zero-order chi connectivity index (χ0) is 18.5. The van der Waals surface area contributed by atoms with Gasteiger partial charge in [0.1, 0.15) is 0 Å². The SMILES string of the molecule is O=C(CN1CCN(C(c2ccccc2)c2ccccc2)CC1)C1CCCN1. The van der Waals surface area contributed by atoms with Crippen LogP contribution in [0.4, 0.5) is 0 Å². The Morgan fingerprint density at radius 1 is 0.926 bits per heavy atom. The van der Waals surface area contributed by atoms with Crippen LogP contribution in [0.15, 0.2) is 60.7 Å². The van der Waals surface area contributed by atoms with Crippen LogP contribution in [0.25, 0.3) is 0 Å². The third-order valence-electron chi connectivity index (χ3n) is 5.83. The Morgan fingerprint density at radius 3 is 2.04 bits per heavy atom. The van der Waals surface area contributed by atoms with Crippen molar-refractivity contribution in [2.75, 3.05) is 39.3 Å². The van der Waals surface area contributed by atoms with E-state index in [1.807, 2.05) is 0 Å². The molecule has 4 rings (SSSR count). The summed E-state index contributed by atoms with van der Waals surface area (Å²) in [4.78, 5) is 17.3. The molecule has 1 atom stereocenters. The lowest BCUT2D eigenvalue weighted by molar-refractivity contribution is -0.122. The number of benzene rings is 2. The number of nitrogens with one attached hydrogen (secondary N) is 1. The largest absolute Gasteiger partial charge is 0.307 e. The van der Waals surface area contributed by atoms with Crippen LogP contribution in [-0.4, -0.2) is 60.9 Å². The second kappa shape index (κ2) is 8.79. The van der Waals surface area contributed by atoms with Gasteiger partial charge in [-0.05, 0) is 30.5 Å². The zero-order valence-electron chi connectivity index (χ0n) is 15.9. The topological polar surface area (TPSA) is 35.6 Å². The minimum atomic E-state index is 0.0874. The number of rotatable bonds is 6. The van der Waals surface area contributed by atoms with E-state index in [1.54, 1.807) is 0 Å². The third-order valence-corrected chi connectivity index (χ3v) is 5.83. The lowest BCUT2D eigenvalue weighted by Gasteiger charge is -2.39. The van der Waals surface area contributed by atoms with Crippen molar-refractivity contribution in [3.63, 3.8) is 0 Å². The molecule has 4 heteroatoms. The maximum atomic E-state index is 12.5. The minimum absolute atomic E-state index is 0.0874. The molecule has 1 unspecified atom stereocenters. The van der Waals surface area contributed by atoms with Crippen LogP contribution >= 0.6 is 0 Å². The Kier molecular flexibility index (Phi) is 5.97. The molecule has 0 radical (unpaired) electrons. The van der Waals surface area contributed by atoms with E-state index in [9.17, 15) is 4.79 Å². The number of hydrogen-bond donors (Lipinski definition) is 1. The van der Waals surface area contributed by atoms with E-state index in [4.69, 9.17) is 0 Å². The molecule has 2 saturated heterocycles. The standard InChI is InChI=1S/C23H29N3O/c27-22(21-12-7-13-24-21)18-25-14-16-26(17-15-25)23(19-8-3-1-4-9-19)20-10-5-2-6-11-20/h1-6,8-11,21,23-24H,7,12-18H2. The Morgan fingerprint density at radius 2 is 1.52 bits per heavy atom. The highest BCUT2D eigenvalue weighted by atomic mass is 16.1. The summed E-state index contributed by atoms with van der Waals surface area (Å²) in [6.07, 6.45) is 2.13. The summed E-state index contributed by atoms with van der Waals surface area (Å²) in [5.74, 6) is 0.364. The van der Waals surface area contributed by atoms with Crippen LogP contribution in [0.1, 0.15) is 30.0 Å². The Balaban J connectivity index is 1.42. The fraction of sp³-hybridized carbons (Fsp3) is 0.435. The summed E-state index contributed by atoms with van der Waals surface area (Å²) in [6.45, 7) is 5.45. The fourth-order valence-electron chi connectivity index (χ4n) is 4.35. The zero-order valence-corrected chi connectivity index (χ0v) is 15.9. The maximum absolute atomic E-state index is 12.5. The Hall–Kier alpha value is -2.01. The van der Waals surface area contributed by atoms with E-state index >= 15 is 0 Å². The van der Waals surface area contributed by atoms with Gasteiger partial charge in [0.05, 0.1) is 18.6 Å². The van der Waals surface area contributed by atoms with E-state index in [1.165, 1.54) is 11.1 Å². The van der Waals surface area contributed by atoms with Crippen molar-refractivity contribution in [2.45, 2.75) is 24.9 Å². The molecule has 0 saturated carbocycles. The first-order chi connectivity index (χ1) is 13.3. The summed E-state index contributed by atoms with van der Waals surface area (Å²) in [5, 5.41) is 3.33. The monoisotopic (exact) mass is 363 g/mol. The highest BCUT2D eigenvalue weighted by molar-refractivity contribution is 5.86. The van der Waals surface area contributed by atoms with Crippen molar-refractivity contribution in [3.05, 3.63) is 71.8 Å². The average molecular weight is 364 g/mol. The van der Waals surface area contributed by atoms with Crippen molar-refractivity contribution in [1.82, 2.24) is 15.1 Å². The Bertz CT molecular complexity index is 680. The van der Waals surface area contributed by atoms with E-state index in [-0.39, 0.29) is 12.1 Å². The fourth-order valence-corrected chi connectivity index (χ4v) is 4.35. The second-order valence-electron chi connectivity index (χ2n) is 7.65. The van der Waals surface area contributed by atoms with Gasteiger partial charge >= 0.3 is 0 Å². The molecule has 142 valence electrons. The van der Waals surface area contributed by atoms with Crippen molar-refractivity contribution in [3.8, 4) is 0 Å². The van der Waals surface area contributed by atoms with Crippen molar-refractivity contribution in [2.24, 2.45) is 0 Å². The van der Waals surface area contributed by atoms with E-state index in [2.05, 4.69) is 75.8 Å². The molecule has 2 aliphatic heterocycles. The summed E-state index contributed by atoms with van der Waals surface area (Å²) in [5.41, 5.74) is 2.67. The third kappa shape index (κ3) is 4.46. The molecule has 2 aliphatic rings. The molecule has 0 spiro atoms. The number of Topliss-reactive ketones (excluding diaryl/α,β-unsaturated/α-hetero) is 1. The van der Waals surface area contributed by atoms with Crippen molar-refractivity contribution < 1.29 is 4.79 Å².